The van der Waals surface area contributed by atoms with Crippen LogP contribution >= 0.6 is 0 Å². The summed E-state index contributed by atoms with van der Waals surface area (Å²) in [5, 5.41) is 0. The van der Waals surface area contributed by atoms with Crippen LogP contribution in [0.5, 0.6) is 5.75 Å². The van der Waals surface area contributed by atoms with Crippen molar-refractivity contribution in [3.63, 3.8) is 0 Å². The van der Waals surface area contributed by atoms with Gasteiger partial charge in [0.25, 0.3) is 10.0 Å². The summed E-state index contributed by atoms with van der Waals surface area (Å²) in [6.45, 7) is 1.68. The van der Waals surface area contributed by atoms with Gasteiger partial charge in [-0.05, 0) is 25.1 Å². The number of oxazole rings is 1. The van der Waals surface area contributed by atoms with E-state index in [1.807, 2.05) is 0 Å². The van der Waals surface area contributed by atoms with Gasteiger partial charge in [0, 0.05) is 5.69 Å². The normalized spacial score (nSPS) is 11.3. The molecule has 0 saturated heterocycles. The zero-order valence-electron chi connectivity index (χ0n) is 10.4. The molecule has 1 aromatic heterocycles. The first-order valence-corrected chi connectivity index (χ1v) is 6.79. The zero-order chi connectivity index (χ0) is 14.0. The van der Waals surface area contributed by atoms with Gasteiger partial charge in [-0.1, -0.05) is 0 Å². The topological polar surface area (TPSA) is 107 Å². The maximum atomic E-state index is 12.2. The number of hydrogen-bond donors (Lipinski definition) is 2. The van der Waals surface area contributed by atoms with Crippen LogP contribution in [0.4, 0.5) is 11.7 Å². The second kappa shape index (κ2) is 4.81. The minimum Gasteiger partial charge on any atom is -0.495 e. The van der Waals surface area contributed by atoms with E-state index in [0.29, 0.717) is 11.4 Å². The Bertz CT molecular complexity index is 694. The van der Waals surface area contributed by atoms with Gasteiger partial charge in [0.2, 0.25) is 0 Å². The first-order chi connectivity index (χ1) is 8.92. The van der Waals surface area contributed by atoms with Crippen LogP contribution in [0, 0.1) is 6.92 Å². The van der Waals surface area contributed by atoms with Gasteiger partial charge in [0.05, 0.1) is 12.8 Å². The fourth-order valence-electron chi connectivity index (χ4n) is 1.47. The number of anilines is 2. The van der Waals surface area contributed by atoms with Crippen LogP contribution in [0.15, 0.2) is 33.8 Å². The van der Waals surface area contributed by atoms with Crippen LogP contribution in [0.2, 0.25) is 0 Å². The summed E-state index contributed by atoms with van der Waals surface area (Å²) in [6.07, 6.45) is 1.34. The third-order valence-electron chi connectivity index (χ3n) is 2.32. The Morgan fingerprint density at radius 2 is 2.16 bits per heavy atom. The number of hydrogen-bond acceptors (Lipinski definition) is 6. The van der Waals surface area contributed by atoms with Crippen LogP contribution in [0.3, 0.4) is 0 Å². The Balaban J connectivity index is 2.41. The van der Waals surface area contributed by atoms with Gasteiger partial charge in [-0.15, -0.1) is 0 Å². The first kappa shape index (κ1) is 13.2. The molecule has 102 valence electrons. The Kier molecular flexibility index (Phi) is 3.34. The number of ether oxygens (including phenoxy) is 1. The van der Waals surface area contributed by atoms with Crippen molar-refractivity contribution in [2.24, 2.45) is 0 Å². The molecule has 1 heterocycles. The highest BCUT2D eigenvalue weighted by molar-refractivity contribution is 7.92. The lowest BCUT2D eigenvalue weighted by molar-refractivity contribution is 0.403. The van der Waals surface area contributed by atoms with Crippen molar-refractivity contribution in [2.75, 3.05) is 17.6 Å². The molecule has 0 fully saturated rings. The summed E-state index contributed by atoms with van der Waals surface area (Å²) >= 11 is 0. The minimum absolute atomic E-state index is 0.0779. The molecule has 2 rings (SSSR count). The maximum Gasteiger partial charge on any atom is 0.309 e. The molecule has 8 heteroatoms. The third-order valence-corrected chi connectivity index (χ3v) is 3.66. The van der Waals surface area contributed by atoms with Crippen LogP contribution in [-0.2, 0) is 10.0 Å². The Labute approximate surface area is 110 Å². The molecule has 0 radical (unpaired) electrons. The van der Waals surface area contributed by atoms with Crippen molar-refractivity contribution in [3.8, 4) is 5.75 Å². The predicted octanol–water partition coefficient (Wildman–Crippen LogP) is 1.37. The molecule has 0 atom stereocenters. The van der Waals surface area contributed by atoms with Gasteiger partial charge in [0.1, 0.15) is 16.9 Å². The van der Waals surface area contributed by atoms with Crippen molar-refractivity contribution >= 4 is 21.7 Å². The molecule has 0 amide bonds. The second-order valence-corrected chi connectivity index (χ2v) is 5.46. The van der Waals surface area contributed by atoms with Crippen molar-refractivity contribution in [1.29, 1.82) is 0 Å². The predicted molar refractivity (Wildman–Crippen MR) is 69.5 cm³/mol. The third kappa shape index (κ3) is 2.79. The standard InChI is InChI=1S/C11H13N3O4S/c1-7-6-18-11(13-7)14-19(15,16)10-5-8(12)3-4-9(10)17-2/h3-6H,12H2,1-2H3,(H,13,14). The number of nitrogens with zero attached hydrogens (tertiary/aromatic N) is 1. The molecular formula is C11H13N3O4S. The number of aromatic nitrogens is 1. The number of nitrogen functional groups attached to an aromatic ring is 1. The van der Waals surface area contributed by atoms with E-state index in [9.17, 15) is 8.42 Å². The number of nitrogens with two attached hydrogens (primary N) is 1. The van der Waals surface area contributed by atoms with E-state index in [1.165, 1.54) is 25.5 Å². The average molecular weight is 283 g/mol. The summed E-state index contributed by atoms with van der Waals surface area (Å²) in [5.41, 5.74) is 6.47. The lowest BCUT2D eigenvalue weighted by atomic mass is 10.3. The number of methoxy groups -OCH3 is 1. The number of aryl methyl sites for hydroxylation is 1. The Morgan fingerprint density at radius 3 is 2.74 bits per heavy atom. The number of benzene rings is 1. The summed E-state index contributed by atoms with van der Waals surface area (Å²) in [7, 11) is -2.50. The molecule has 0 aliphatic rings. The van der Waals surface area contributed by atoms with E-state index in [-0.39, 0.29) is 16.7 Å². The molecule has 0 aliphatic heterocycles. The van der Waals surface area contributed by atoms with Crippen LogP contribution in [-0.4, -0.2) is 20.5 Å². The molecule has 2 aromatic rings. The van der Waals surface area contributed by atoms with Gasteiger partial charge in [0.15, 0.2) is 0 Å². The van der Waals surface area contributed by atoms with Crippen molar-refractivity contribution in [3.05, 3.63) is 30.2 Å². The fraction of sp³-hybridized carbons (Fsp3) is 0.182. The number of rotatable bonds is 4. The summed E-state index contributed by atoms with van der Waals surface area (Å²) in [6, 6.07) is 4.22. The Morgan fingerprint density at radius 1 is 1.42 bits per heavy atom. The van der Waals surface area contributed by atoms with E-state index in [0.717, 1.165) is 0 Å². The van der Waals surface area contributed by atoms with Crippen LogP contribution < -0.4 is 15.2 Å². The van der Waals surface area contributed by atoms with Gasteiger partial charge in [-0.25, -0.2) is 13.1 Å². The van der Waals surface area contributed by atoms with Crippen molar-refractivity contribution in [2.45, 2.75) is 11.8 Å². The molecule has 7 nitrogen and oxygen atoms in total. The summed E-state index contributed by atoms with van der Waals surface area (Å²) < 4.78 is 36.6. The average Bonchev–Trinajstić information content (AvgIpc) is 2.74. The monoisotopic (exact) mass is 283 g/mol. The highest BCUT2D eigenvalue weighted by atomic mass is 32.2. The zero-order valence-corrected chi connectivity index (χ0v) is 11.2. The molecule has 0 bridgehead atoms. The van der Waals surface area contributed by atoms with E-state index < -0.39 is 10.0 Å². The smallest absolute Gasteiger partial charge is 0.309 e. The molecule has 1 aromatic carbocycles. The highest BCUT2D eigenvalue weighted by Crippen LogP contribution is 2.27. The number of nitrogens with one attached hydrogen (secondary N) is 1. The maximum absolute atomic E-state index is 12.2. The van der Waals surface area contributed by atoms with Crippen LogP contribution in [0.1, 0.15) is 5.69 Å². The Hall–Kier alpha value is -2.22. The molecular weight excluding hydrogens is 270 g/mol. The van der Waals surface area contributed by atoms with Crippen molar-refractivity contribution in [1.82, 2.24) is 4.98 Å². The van der Waals surface area contributed by atoms with Crippen LogP contribution in [0.25, 0.3) is 0 Å². The van der Waals surface area contributed by atoms with Gasteiger partial charge < -0.3 is 14.9 Å². The van der Waals surface area contributed by atoms with Gasteiger partial charge in [-0.2, -0.15) is 4.98 Å². The van der Waals surface area contributed by atoms with E-state index in [1.54, 1.807) is 13.0 Å². The van der Waals surface area contributed by atoms with E-state index in [2.05, 4.69) is 9.71 Å². The fourth-order valence-corrected chi connectivity index (χ4v) is 2.62. The van der Waals surface area contributed by atoms with Crippen molar-refractivity contribution < 1.29 is 17.6 Å². The molecule has 0 unspecified atom stereocenters. The van der Waals surface area contributed by atoms with Gasteiger partial charge >= 0.3 is 6.01 Å². The lowest BCUT2D eigenvalue weighted by Gasteiger charge is -2.10. The summed E-state index contributed by atoms with van der Waals surface area (Å²) in [4.78, 5) is 3.79. The van der Waals surface area contributed by atoms with E-state index in [4.69, 9.17) is 14.9 Å². The minimum atomic E-state index is -3.88. The van der Waals surface area contributed by atoms with E-state index >= 15 is 0 Å². The SMILES string of the molecule is COc1ccc(N)cc1S(=O)(=O)Nc1nc(C)co1. The molecule has 3 N–H and O–H groups in total. The molecule has 19 heavy (non-hydrogen) atoms. The molecule has 0 aliphatic carbocycles. The largest absolute Gasteiger partial charge is 0.495 e. The number of sulfonamides is 1. The van der Waals surface area contributed by atoms with Gasteiger partial charge in [-0.3, -0.25) is 0 Å². The summed E-state index contributed by atoms with van der Waals surface area (Å²) in [5.74, 6) is 0.185. The highest BCUT2D eigenvalue weighted by Gasteiger charge is 2.21. The molecule has 0 spiro atoms. The molecule has 0 saturated carbocycles. The second-order valence-electron chi connectivity index (χ2n) is 3.81. The lowest BCUT2D eigenvalue weighted by Crippen LogP contribution is -2.14. The quantitative estimate of drug-likeness (QED) is 0.821. The first-order valence-electron chi connectivity index (χ1n) is 5.31.